The SMILES string of the molecule is CC(NC(=O)c1ccc(N=C=O)cc1)c1ccccc1. The van der Waals surface area contributed by atoms with Crippen LogP contribution in [0, 0.1) is 0 Å². The Hall–Kier alpha value is -2.71. The molecule has 0 aliphatic heterocycles. The van der Waals surface area contributed by atoms with Crippen LogP contribution in [0.25, 0.3) is 0 Å². The lowest BCUT2D eigenvalue weighted by Crippen LogP contribution is -2.26. The van der Waals surface area contributed by atoms with Crippen molar-refractivity contribution in [3.8, 4) is 0 Å². The first kappa shape index (κ1) is 13.7. The van der Waals surface area contributed by atoms with E-state index in [2.05, 4.69) is 10.3 Å². The average Bonchev–Trinajstić information content (AvgIpc) is 2.49. The molecule has 2 rings (SSSR count). The molecule has 0 bridgehead atoms. The second kappa shape index (κ2) is 6.45. The summed E-state index contributed by atoms with van der Waals surface area (Å²) in [6, 6.07) is 16.1. The van der Waals surface area contributed by atoms with Crippen LogP contribution >= 0.6 is 0 Å². The molecule has 0 aromatic heterocycles. The van der Waals surface area contributed by atoms with Crippen molar-refractivity contribution >= 4 is 17.7 Å². The van der Waals surface area contributed by atoms with E-state index in [1.165, 1.54) is 6.08 Å². The largest absolute Gasteiger partial charge is 0.346 e. The number of nitrogens with zero attached hydrogens (tertiary/aromatic N) is 1. The Bertz CT molecular complexity index is 629. The van der Waals surface area contributed by atoms with Crippen molar-refractivity contribution < 1.29 is 9.59 Å². The maximum Gasteiger partial charge on any atom is 0.251 e. The van der Waals surface area contributed by atoms with Crippen LogP contribution in [0.3, 0.4) is 0 Å². The van der Waals surface area contributed by atoms with Crippen molar-refractivity contribution in [3.63, 3.8) is 0 Å². The van der Waals surface area contributed by atoms with Gasteiger partial charge in [0.05, 0.1) is 11.7 Å². The lowest BCUT2D eigenvalue weighted by atomic mass is 10.1. The Morgan fingerprint density at radius 3 is 2.35 bits per heavy atom. The molecule has 0 fully saturated rings. The van der Waals surface area contributed by atoms with E-state index in [0.717, 1.165) is 5.56 Å². The van der Waals surface area contributed by atoms with Crippen molar-refractivity contribution in [2.75, 3.05) is 0 Å². The monoisotopic (exact) mass is 266 g/mol. The van der Waals surface area contributed by atoms with Crippen LogP contribution in [0.2, 0.25) is 0 Å². The van der Waals surface area contributed by atoms with E-state index in [-0.39, 0.29) is 11.9 Å². The molecular weight excluding hydrogens is 252 g/mol. The van der Waals surface area contributed by atoms with Crippen LogP contribution in [0.15, 0.2) is 59.6 Å². The van der Waals surface area contributed by atoms with Gasteiger partial charge in [0.15, 0.2) is 0 Å². The minimum absolute atomic E-state index is 0.0728. The molecule has 100 valence electrons. The number of hydrogen-bond donors (Lipinski definition) is 1. The van der Waals surface area contributed by atoms with Crippen LogP contribution in [0.4, 0.5) is 5.69 Å². The van der Waals surface area contributed by atoms with Gasteiger partial charge in [0, 0.05) is 5.56 Å². The fourth-order valence-electron chi connectivity index (χ4n) is 1.85. The van der Waals surface area contributed by atoms with Crippen molar-refractivity contribution in [2.45, 2.75) is 13.0 Å². The molecule has 1 atom stereocenters. The molecule has 1 N–H and O–H groups in total. The Labute approximate surface area is 117 Å². The Morgan fingerprint density at radius 1 is 1.10 bits per heavy atom. The van der Waals surface area contributed by atoms with E-state index in [0.29, 0.717) is 11.3 Å². The molecule has 0 saturated heterocycles. The number of nitrogens with one attached hydrogen (secondary N) is 1. The summed E-state index contributed by atoms with van der Waals surface area (Å²) in [7, 11) is 0. The summed E-state index contributed by atoms with van der Waals surface area (Å²) in [5.74, 6) is -0.164. The normalized spacial score (nSPS) is 11.2. The number of hydrogen-bond acceptors (Lipinski definition) is 3. The predicted molar refractivity (Wildman–Crippen MR) is 76.5 cm³/mol. The summed E-state index contributed by atoms with van der Waals surface area (Å²) in [5.41, 5.74) is 2.05. The van der Waals surface area contributed by atoms with Gasteiger partial charge in [0.1, 0.15) is 0 Å². The van der Waals surface area contributed by atoms with E-state index >= 15 is 0 Å². The number of aliphatic imine (C=N–C) groups is 1. The second-order valence-corrected chi connectivity index (χ2v) is 4.36. The zero-order valence-electron chi connectivity index (χ0n) is 11.0. The fraction of sp³-hybridized carbons (Fsp3) is 0.125. The lowest BCUT2D eigenvalue weighted by Gasteiger charge is -2.14. The first-order valence-electron chi connectivity index (χ1n) is 6.24. The molecule has 0 aliphatic rings. The Kier molecular flexibility index (Phi) is 4.43. The predicted octanol–water partition coefficient (Wildman–Crippen LogP) is 3.14. The highest BCUT2D eigenvalue weighted by molar-refractivity contribution is 5.94. The highest BCUT2D eigenvalue weighted by Crippen LogP contribution is 2.15. The van der Waals surface area contributed by atoms with Crippen molar-refractivity contribution in [1.82, 2.24) is 5.32 Å². The Balaban J connectivity index is 2.06. The molecule has 1 amide bonds. The number of benzene rings is 2. The molecule has 0 radical (unpaired) electrons. The van der Waals surface area contributed by atoms with E-state index in [9.17, 15) is 9.59 Å². The molecule has 0 heterocycles. The topological polar surface area (TPSA) is 58.5 Å². The molecule has 2 aromatic carbocycles. The number of carbonyl (C=O) groups is 1. The number of rotatable bonds is 4. The van der Waals surface area contributed by atoms with Gasteiger partial charge in [-0.2, -0.15) is 4.99 Å². The third-order valence-corrected chi connectivity index (χ3v) is 2.95. The standard InChI is InChI=1S/C16H14N2O2/c1-12(13-5-3-2-4-6-13)18-16(20)14-7-9-15(10-8-14)17-11-19/h2-10,12H,1H3,(H,18,20). The van der Waals surface area contributed by atoms with Gasteiger partial charge in [0.2, 0.25) is 6.08 Å². The van der Waals surface area contributed by atoms with Gasteiger partial charge < -0.3 is 5.32 Å². The van der Waals surface area contributed by atoms with Crippen molar-refractivity contribution in [3.05, 3.63) is 65.7 Å². The van der Waals surface area contributed by atoms with Gasteiger partial charge in [-0.15, -0.1) is 0 Å². The lowest BCUT2D eigenvalue weighted by molar-refractivity contribution is 0.0940. The van der Waals surface area contributed by atoms with Crippen molar-refractivity contribution in [1.29, 1.82) is 0 Å². The quantitative estimate of drug-likeness (QED) is 0.682. The first-order valence-corrected chi connectivity index (χ1v) is 6.24. The molecule has 0 spiro atoms. The van der Waals surface area contributed by atoms with Crippen LogP contribution in [0.5, 0.6) is 0 Å². The molecule has 0 saturated carbocycles. The van der Waals surface area contributed by atoms with Gasteiger partial charge in [-0.3, -0.25) is 4.79 Å². The molecule has 20 heavy (non-hydrogen) atoms. The average molecular weight is 266 g/mol. The van der Waals surface area contributed by atoms with E-state index < -0.39 is 0 Å². The first-order chi connectivity index (χ1) is 9.70. The molecular formula is C16H14N2O2. The highest BCUT2D eigenvalue weighted by atomic mass is 16.1. The fourth-order valence-corrected chi connectivity index (χ4v) is 1.85. The second-order valence-electron chi connectivity index (χ2n) is 4.36. The van der Waals surface area contributed by atoms with Gasteiger partial charge in [-0.1, -0.05) is 30.3 Å². The number of amides is 1. The molecule has 2 aromatic rings. The van der Waals surface area contributed by atoms with Gasteiger partial charge in [-0.25, -0.2) is 4.79 Å². The molecule has 4 nitrogen and oxygen atoms in total. The summed E-state index contributed by atoms with van der Waals surface area (Å²) < 4.78 is 0. The summed E-state index contributed by atoms with van der Waals surface area (Å²) in [6.07, 6.45) is 1.46. The molecule has 1 unspecified atom stereocenters. The summed E-state index contributed by atoms with van der Waals surface area (Å²) >= 11 is 0. The van der Waals surface area contributed by atoms with Gasteiger partial charge in [-0.05, 0) is 36.8 Å². The number of isocyanates is 1. The third kappa shape index (κ3) is 3.40. The summed E-state index contributed by atoms with van der Waals surface area (Å²) in [5, 5.41) is 2.92. The van der Waals surface area contributed by atoms with E-state index in [1.54, 1.807) is 24.3 Å². The number of carbonyl (C=O) groups excluding carboxylic acids is 2. The summed E-state index contributed by atoms with van der Waals surface area (Å²) in [4.78, 5) is 25.7. The van der Waals surface area contributed by atoms with Crippen LogP contribution in [-0.2, 0) is 4.79 Å². The van der Waals surface area contributed by atoms with E-state index in [4.69, 9.17) is 0 Å². The third-order valence-electron chi connectivity index (χ3n) is 2.95. The minimum Gasteiger partial charge on any atom is -0.346 e. The van der Waals surface area contributed by atoms with Crippen LogP contribution in [0.1, 0.15) is 28.9 Å². The maximum atomic E-state index is 12.1. The van der Waals surface area contributed by atoms with Crippen molar-refractivity contribution in [2.24, 2.45) is 4.99 Å². The highest BCUT2D eigenvalue weighted by Gasteiger charge is 2.10. The van der Waals surface area contributed by atoms with Crippen LogP contribution < -0.4 is 5.32 Å². The zero-order chi connectivity index (χ0) is 14.4. The minimum atomic E-state index is -0.164. The molecule has 0 aliphatic carbocycles. The summed E-state index contributed by atoms with van der Waals surface area (Å²) in [6.45, 7) is 1.93. The zero-order valence-corrected chi connectivity index (χ0v) is 11.0. The van der Waals surface area contributed by atoms with Gasteiger partial charge >= 0.3 is 0 Å². The smallest absolute Gasteiger partial charge is 0.251 e. The van der Waals surface area contributed by atoms with Gasteiger partial charge in [0.25, 0.3) is 5.91 Å². The maximum absolute atomic E-state index is 12.1. The Morgan fingerprint density at radius 2 is 1.75 bits per heavy atom. The van der Waals surface area contributed by atoms with E-state index in [1.807, 2.05) is 37.3 Å². The molecule has 4 heteroatoms. The van der Waals surface area contributed by atoms with Crippen LogP contribution in [-0.4, -0.2) is 12.0 Å².